The minimum absolute atomic E-state index is 0.0300. The Bertz CT molecular complexity index is 764. The number of nitrogens with one attached hydrogen (secondary N) is 1. The number of halogens is 2. The summed E-state index contributed by atoms with van der Waals surface area (Å²) in [4.78, 5) is 32.6. The van der Waals surface area contributed by atoms with E-state index in [1.165, 1.54) is 6.92 Å². The van der Waals surface area contributed by atoms with Crippen LogP contribution in [0.2, 0.25) is 10.3 Å². The summed E-state index contributed by atoms with van der Waals surface area (Å²) < 4.78 is 0. The first-order valence-corrected chi connectivity index (χ1v) is 7.40. The van der Waals surface area contributed by atoms with Gasteiger partial charge in [0.25, 0.3) is 0 Å². The lowest BCUT2D eigenvalue weighted by Gasteiger charge is -2.07. The number of pyridine rings is 1. The smallest absolute Gasteiger partial charge is 0.346 e. The van der Waals surface area contributed by atoms with Crippen LogP contribution in [0, 0.1) is 6.92 Å². The maximum Gasteiger partial charge on any atom is 0.346 e. The molecule has 2 heterocycles. The number of hydrogen-bond acceptors (Lipinski definition) is 5. The van der Waals surface area contributed by atoms with Crippen LogP contribution in [0.4, 0.5) is 0 Å². The van der Waals surface area contributed by atoms with Crippen LogP contribution < -0.4 is 5.69 Å². The van der Waals surface area contributed by atoms with Gasteiger partial charge < -0.3 is 10.1 Å². The molecule has 2 rings (SSSR count). The standard InChI is InChI=1S/C12H9Cl2N3O3S/c1-5-8(11(18)19)10(17-12(20)15-5)21-4-6-2-3-7(13)16-9(6)14/h2-3H,4H2,1H3,(H,18,19)(H,15,17,20). The third-order valence-corrected chi connectivity index (χ3v) is 4.12. The molecule has 0 saturated carbocycles. The third kappa shape index (κ3) is 3.75. The Morgan fingerprint density at radius 2 is 2.10 bits per heavy atom. The van der Waals surface area contributed by atoms with Crippen molar-refractivity contribution in [1.29, 1.82) is 0 Å². The number of carbonyl (C=O) groups is 1. The highest BCUT2D eigenvalue weighted by molar-refractivity contribution is 7.98. The molecule has 9 heteroatoms. The van der Waals surface area contributed by atoms with Crippen molar-refractivity contribution in [2.75, 3.05) is 0 Å². The number of aryl methyl sites for hydroxylation is 1. The van der Waals surface area contributed by atoms with E-state index in [2.05, 4.69) is 15.0 Å². The quantitative estimate of drug-likeness (QED) is 0.502. The molecule has 0 saturated heterocycles. The number of rotatable bonds is 4. The first-order valence-electron chi connectivity index (χ1n) is 5.66. The Morgan fingerprint density at radius 3 is 2.71 bits per heavy atom. The molecular weight excluding hydrogens is 337 g/mol. The zero-order chi connectivity index (χ0) is 15.6. The van der Waals surface area contributed by atoms with E-state index in [-0.39, 0.29) is 26.6 Å². The molecule has 0 aliphatic rings. The van der Waals surface area contributed by atoms with E-state index in [9.17, 15) is 14.7 Å². The number of aromatic amines is 1. The molecule has 0 aliphatic carbocycles. The van der Waals surface area contributed by atoms with Gasteiger partial charge in [-0.2, -0.15) is 4.98 Å². The summed E-state index contributed by atoms with van der Waals surface area (Å²) in [5.41, 5.74) is 0.297. The Labute approximate surface area is 133 Å². The molecule has 0 amide bonds. The Hall–Kier alpha value is -1.57. The minimum atomic E-state index is -1.15. The Morgan fingerprint density at radius 1 is 1.38 bits per heavy atom. The van der Waals surface area contributed by atoms with Gasteiger partial charge >= 0.3 is 11.7 Å². The number of hydrogen-bond donors (Lipinski definition) is 2. The number of thioether (sulfide) groups is 1. The van der Waals surface area contributed by atoms with Crippen LogP contribution in [-0.2, 0) is 5.75 Å². The molecule has 6 nitrogen and oxygen atoms in total. The van der Waals surface area contributed by atoms with Crippen LogP contribution in [0.3, 0.4) is 0 Å². The number of carboxylic acids is 1. The molecule has 2 aromatic heterocycles. The zero-order valence-electron chi connectivity index (χ0n) is 10.7. The van der Waals surface area contributed by atoms with Gasteiger partial charge in [0.1, 0.15) is 20.9 Å². The average Bonchev–Trinajstić information content (AvgIpc) is 2.36. The van der Waals surface area contributed by atoms with Gasteiger partial charge in [-0.1, -0.05) is 29.3 Å². The predicted molar refractivity (Wildman–Crippen MR) is 80.4 cm³/mol. The molecule has 0 aliphatic heterocycles. The largest absolute Gasteiger partial charge is 0.478 e. The second-order valence-corrected chi connectivity index (χ2v) is 5.73. The maximum absolute atomic E-state index is 11.4. The molecule has 0 atom stereocenters. The Balaban J connectivity index is 2.31. The van der Waals surface area contributed by atoms with Crippen molar-refractivity contribution in [3.05, 3.63) is 49.7 Å². The summed E-state index contributed by atoms with van der Waals surface area (Å²) in [7, 11) is 0. The highest BCUT2D eigenvalue weighted by Gasteiger charge is 2.17. The molecule has 2 aromatic rings. The number of nitrogens with zero attached hydrogens (tertiary/aromatic N) is 2. The lowest BCUT2D eigenvalue weighted by molar-refractivity contribution is 0.0690. The molecule has 0 bridgehead atoms. The summed E-state index contributed by atoms with van der Waals surface area (Å²) in [6.45, 7) is 1.51. The summed E-state index contributed by atoms with van der Waals surface area (Å²) in [5.74, 6) is -0.835. The molecule has 21 heavy (non-hydrogen) atoms. The number of carboxylic acid groups (broad SMARTS) is 1. The molecule has 0 fully saturated rings. The lowest BCUT2D eigenvalue weighted by atomic mass is 10.2. The van der Waals surface area contributed by atoms with Gasteiger partial charge in [0.2, 0.25) is 0 Å². The molecule has 110 valence electrons. The summed E-state index contributed by atoms with van der Waals surface area (Å²) >= 11 is 12.7. The van der Waals surface area contributed by atoms with Gasteiger partial charge in [0.15, 0.2) is 0 Å². The lowest BCUT2D eigenvalue weighted by Crippen LogP contribution is -2.18. The van der Waals surface area contributed by atoms with E-state index >= 15 is 0 Å². The van der Waals surface area contributed by atoms with Crippen LogP contribution in [0.5, 0.6) is 0 Å². The molecule has 0 radical (unpaired) electrons. The van der Waals surface area contributed by atoms with E-state index in [1.54, 1.807) is 12.1 Å². The first kappa shape index (κ1) is 15.8. The Kier molecular flexibility index (Phi) is 4.87. The fourth-order valence-electron chi connectivity index (χ4n) is 1.61. The zero-order valence-corrected chi connectivity index (χ0v) is 13.0. The predicted octanol–water partition coefficient (Wildman–Crippen LogP) is 2.77. The van der Waals surface area contributed by atoms with Gasteiger partial charge in [0.05, 0.1) is 0 Å². The monoisotopic (exact) mass is 345 g/mol. The first-order chi connectivity index (χ1) is 9.88. The molecule has 0 unspecified atom stereocenters. The fourth-order valence-corrected chi connectivity index (χ4v) is 3.16. The average molecular weight is 346 g/mol. The van der Waals surface area contributed by atoms with Gasteiger partial charge in [-0.15, -0.1) is 11.8 Å². The van der Waals surface area contributed by atoms with Crippen molar-refractivity contribution in [1.82, 2.24) is 15.0 Å². The van der Waals surface area contributed by atoms with Crippen LogP contribution in [0.1, 0.15) is 21.6 Å². The van der Waals surface area contributed by atoms with Crippen LogP contribution >= 0.6 is 35.0 Å². The molecule has 0 spiro atoms. The topological polar surface area (TPSA) is 95.9 Å². The highest BCUT2D eigenvalue weighted by Crippen LogP contribution is 2.27. The second kappa shape index (κ2) is 6.46. The SMILES string of the molecule is Cc1[nH]c(=O)nc(SCc2ccc(Cl)nc2Cl)c1C(=O)O. The van der Waals surface area contributed by atoms with Gasteiger partial charge in [0, 0.05) is 11.4 Å². The van der Waals surface area contributed by atoms with Gasteiger partial charge in [-0.25, -0.2) is 14.6 Å². The molecule has 0 aromatic carbocycles. The number of aromatic nitrogens is 3. The summed E-state index contributed by atoms with van der Waals surface area (Å²) in [6, 6.07) is 3.27. The highest BCUT2D eigenvalue weighted by atomic mass is 35.5. The van der Waals surface area contributed by atoms with Crippen molar-refractivity contribution in [3.63, 3.8) is 0 Å². The van der Waals surface area contributed by atoms with E-state index < -0.39 is 11.7 Å². The van der Waals surface area contributed by atoms with E-state index in [1.807, 2.05) is 0 Å². The van der Waals surface area contributed by atoms with E-state index in [4.69, 9.17) is 23.2 Å². The third-order valence-electron chi connectivity index (χ3n) is 2.56. The minimum Gasteiger partial charge on any atom is -0.478 e. The van der Waals surface area contributed by atoms with E-state index in [0.717, 1.165) is 11.8 Å². The van der Waals surface area contributed by atoms with Crippen molar-refractivity contribution in [3.8, 4) is 0 Å². The number of aromatic carboxylic acids is 1. The van der Waals surface area contributed by atoms with Crippen molar-refractivity contribution in [2.24, 2.45) is 0 Å². The van der Waals surface area contributed by atoms with Gasteiger partial charge in [-0.05, 0) is 18.6 Å². The second-order valence-electron chi connectivity index (χ2n) is 4.02. The van der Waals surface area contributed by atoms with E-state index in [0.29, 0.717) is 11.3 Å². The molecular formula is C12H9Cl2N3O3S. The summed E-state index contributed by atoms with van der Waals surface area (Å²) in [6.07, 6.45) is 0. The fraction of sp³-hybridized carbons (Fsp3) is 0.167. The van der Waals surface area contributed by atoms with Crippen molar-refractivity contribution in [2.45, 2.75) is 17.7 Å². The molecule has 2 N–H and O–H groups in total. The van der Waals surface area contributed by atoms with Crippen LogP contribution in [0.15, 0.2) is 22.0 Å². The number of H-pyrrole nitrogens is 1. The van der Waals surface area contributed by atoms with Crippen molar-refractivity contribution < 1.29 is 9.90 Å². The van der Waals surface area contributed by atoms with Gasteiger partial charge in [-0.3, -0.25) is 0 Å². The van der Waals surface area contributed by atoms with Crippen LogP contribution in [0.25, 0.3) is 0 Å². The van der Waals surface area contributed by atoms with Crippen LogP contribution in [-0.4, -0.2) is 26.0 Å². The maximum atomic E-state index is 11.4. The van der Waals surface area contributed by atoms with Crippen molar-refractivity contribution >= 4 is 40.9 Å². The normalized spacial score (nSPS) is 10.6. The summed E-state index contributed by atoms with van der Waals surface area (Å²) in [5, 5.41) is 9.83.